The molecule has 0 aromatic carbocycles. The second kappa shape index (κ2) is 4.72. The molecular formula is C7H12N2O3S2. The van der Waals surface area contributed by atoms with Crippen molar-refractivity contribution in [1.29, 1.82) is 0 Å². The quantitative estimate of drug-likeness (QED) is 0.532. The molecule has 3 N–H and O–H groups in total. The number of nitrogens with one attached hydrogen (secondary N) is 2. The average molecular weight is 236 g/mol. The monoisotopic (exact) mass is 236 g/mol. The Morgan fingerprint density at radius 2 is 2.36 bits per heavy atom. The molecule has 0 amide bonds. The van der Waals surface area contributed by atoms with Crippen molar-refractivity contribution >= 4 is 27.2 Å². The van der Waals surface area contributed by atoms with Crippen molar-refractivity contribution in [1.82, 2.24) is 10.6 Å². The maximum Gasteiger partial charge on any atom is 0.173 e. The summed E-state index contributed by atoms with van der Waals surface area (Å²) >= 11 is 4.87. The number of hydrogen-bond donors (Lipinski definition) is 3. The second-order valence-electron chi connectivity index (χ2n) is 2.89. The molecule has 1 atom stereocenters. The van der Waals surface area contributed by atoms with Gasteiger partial charge in [0.25, 0.3) is 0 Å². The molecule has 0 aromatic rings. The van der Waals surface area contributed by atoms with E-state index in [2.05, 4.69) is 10.6 Å². The largest absolute Gasteiger partial charge is 0.395 e. The van der Waals surface area contributed by atoms with E-state index in [9.17, 15) is 8.42 Å². The zero-order valence-corrected chi connectivity index (χ0v) is 9.07. The van der Waals surface area contributed by atoms with Crippen molar-refractivity contribution in [3.8, 4) is 0 Å². The summed E-state index contributed by atoms with van der Waals surface area (Å²) in [5, 5.41) is 15.6. The molecule has 0 spiro atoms. The van der Waals surface area contributed by atoms with E-state index < -0.39 is 9.84 Å². The Balaban J connectivity index is 2.34. The molecule has 5 nitrogen and oxygen atoms in total. The van der Waals surface area contributed by atoms with Crippen LogP contribution in [0, 0.1) is 0 Å². The molecule has 1 aliphatic rings. The summed E-state index contributed by atoms with van der Waals surface area (Å²) in [4.78, 5) is 0. The Morgan fingerprint density at radius 1 is 1.64 bits per heavy atom. The fourth-order valence-corrected chi connectivity index (χ4v) is 2.54. The third-order valence-corrected chi connectivity index (χ3v) is 3.30. The van der Waals surface area contributed by atoms with Crippen LogP contribution in [0.5, 0.6) is 0 Å². The summed E-state index contributed by atoms with van der Waals surface area (Å²) < 4.78 is 22.0. The summed E-state index contributed by atoms with van der Waals surface area (Å²) in [5.74, 6) is 0.0357. The first-order valence-electron chi connectivity index (χ1n) is 4.10. The van der Waals surface area contributed by atoms with Crippen LogP contribution in [0.2, 0.25) is 0 Å². The van der Waals surface area contributed by atoms with E-state index in [1.807, 2.05) is 0 Å². The van der Waals surface area contributed by atoms with Crippen LogP contribution in [0.15, 0.2) is 11.5 Å². The van der Waals surface area contributed by atoms with Crippen molar-refractivity contribution in [3.63, 3.8) is 0 Å². The van der Waals surface area contributed by atoms with Crippen molar-refractivity contribution < 1.29 is 13.5 Å². The highest BCUT2D eigenvalue weighted by molar-refractivity contribution is 7.94. The Hall–Kier alpha value is -0.660. The molecule has 14 heavy (non-hydrogen) atoms. The highest BCUT2D eigenvalue weighted by Crippen LogP contribution is 2.07. The Morgan fingerprint density at radius 3 is 2.86 bits per heavy atom. The SMILES string of the molecule is O=S1(=O)C=C[C@H](NC(=S)NCCO)C1. The molecule has 7 heteroatoms. The van der Waals surface area contributed by atoms with Gasteiger partial charge in [-0.25, -0.2) is 8.42 Å². The lowest BCUT2D eigenvalue weighted by Crippen LogP contribution is -2.43. The van der Waals surface area contributed by atoms with Gasteiger partial charge < -0.3 is 15.7 Å². The standard InChI is InChI=1S/C7H12N2O3S2/c10-3-2-8-7(13)9-6-1-4-14(11,12)5-6/h1,4,6,10H,2-3,5H2,(H2,8,9,13)/t6-/m0/s1. The zero-order valence-electron chi connectivity index (χ0n) is 7.43. The van der Waals surface area contributed by atoms with Gasteiger partial charge in [-0.3, -0.25) is 0 Å². The van der Waals surface area contributed by atoms with Crippen LogP contribution >= 0.6 is 12.2 Å². The molecule has 0 radical (unpaired) electrons. The van der Waals surface area contributed by atoms with Crippen LogP contribution in [0.3, 0.4) is 0 Å². The van der Waals surface area contributed by atoms with Crippen LogP contribution in [0.1, 0.15) is 0 Å². The number of aliphatic hydroxyl groups excluding tert-OH is 1. The molecule has 0 unspecified atom stereocenters. The molecule has 0 saturated carbocycles. The van der Waals surface area contributed by atoms with Crippen molar-refractivity contribution in [3.05, 3.63) is 11.5 Å². The van der Waals surface area contributed by atoms with Crippen LogP contribution in [0.25, 0.3) is 0 Å². The van der Waals surface area contributed by atoms with Crippen LogP contribution < -0.4 is 10.6 Å². The highest BCUT2D eigenvalue weighted by atomic mass is 32.2. The first-order chi connectivity index (χ1) is 6.53. The van der Waals surface area contributed by atoms with Gasteiger partial charge in [0.15, 0.2) is 14.9 Å². The lowest BCUT2D eigenvalue weighted by atomic mass is 10.3. The minimum Gasteiger partial charge on any atom is -0.395 e. The van der Waals surface area contributed by atoms with Gasteiger partial charge in [-0.05, 0) is 18.3 Å². The molecule has 0 bridgehead atoms. The molecule has 1 heterocycles. The van der Waals surface area contributed by atoms with Gasteiger partial charge in [-0.1, -0.05) is 0 Å². The zero-order chi connectivity index (χ0) is 10.6. The Bertz CT molecular complexity index is 337. The number of thiocarbonyl (C=S) groups is 1. The topological polar surface area (TPSA) is 78.4 Å². The minimum absolute atomic E-state index is 0.0133. The van der Waals surface area contributed by atoms with E-state index >= 15 is 0 Å². The van der Waals surface area contributed by atoms with Crippen molar-refractivity contribution in [2.75, 3.05) is 18.9 Å². The Labute approximate surface area is 88.1 Å². The first-order valence-corrected chi connectivity index (χ1v) is 6.22. The molecular weight excluding hydrogens is 224 g/mol. The fraction of sp³-hybridized carbons (Fsp3) is 0.571. The summed E-state index contributed by atoms with van der Waals surface area (Å²) in [7, 11) is -3.04. The van der Waals surface area contributed by atoms with Crippen LogP contribution in [0.4, 0.5) is 0 Å². The maximum absolute atomic E-state index is 11.0. The summed E-state index contributed by atoms with van der Waals surface area (Å²) in [6, 6.07) is -0.265. The van der Waals surface area contributed by atoms with Crippen molar-refractivity contribution in [2.24, 2.45) is 0 Å². The predicted octanol–water partition coefficient (Wildman–Crippen LogP) is -1.25. The van der Waals surface area contributed by atoms with Gasteiger partial charge in [-0.15, -0.1) is 0 Å². The average Bonchev–Trinajstić information content (AvgIpc) is 2.42. The number of hydrogen-bond acceptors (Lipinski definition) is 4. The summed E-state index contributed by atoms with van der Waals surface area (Å²) in [5.41, 5.74) is 0. The number of aliphatic hydroxyl groups is 1. The van der Waals surface area contributed by atoms with Crippen LogP contribution in [-0.4, -0.2) is 43.6 Å². The molecule has 80 valence electrons. The van der Waals surface area contributed by atoms with Gasteiger partial charge >= 0.3 is 0 Å². The number of sulfone groups is 1. The maximum atomic E-state index is 11.0. The van der Waals surface area contributed by atoms with Gasteiger partial charge in [0.2, 0.25) is 0 Å². The summed E-state index contributed by atoms with van der Waals surface area (Å²) in [6.45, 7) is 0.343. The number of rotatable bonds is 3. The van der Waals surface area contributed by atoms with E-state index in [0.717, 1.165) is 0 Å². The van der Waals surface area contributed by atoms with Gasteiger partial charge in [0, 0.05) is 12.0 Å². The summed E-state index contributed by atoms with van der Waals surface area (Å²) in [6.07, 6.45) is 1.56. The normalized spacial score (nSPS) is 23.4. The smallest absolute Gasteiger partial charge is 0.173 e. The lowest BCUT2D eigenvalue weighted by Gasteiger charge is -2.13. The van der Waals surface area contributed by atoms with Gasteiger partial charge in [0.05, 0.1) is 18.4 Å². The Kier molecular flexibility index (Phi) is 3.85. The molecule has 0 fully saturated rings. The molecule has 0 saturated heterocycles. The van der Waals surface area contributed by atoms with Gasteiger partial charge in [0.1, 0.15) is 0 Å². The lowest BCUT2D eigenvalue weighted by molar-refractivity contribution is 0.300. The predicted molar refractivity (Wildman–Crippen MR) is 57.5 cm³/mol. The van der Waals surface area contributed by atoms with Crippen LogP contribution in [-0.2, 0) is 9.84 Å². The van der Waals surface area contributed by atoms with Crippen molar-refractivity contribution in [2.45, 2.75) is 6.04 Å². The first kappa shape index (κ1) is 11.4. The van der Waals surface area contributed by atoms with E-state index in [0.29, 0.717) is 11.7 Å². The van der Waals surface area contributed by atoms with Gasteiger partial charge in [-0.2, -0.15) is 0 Å². The fourth-order valence-electron chi connectivity index (χ4n) is 1.05. The van der Waals surface area contributed by atoms with E-state index in [1.54, 1.807) is 6.08 Å². The minimum atomic E-state index is -3.04. The van der Waals surface area contributed by atoms with E-state index in [1.165, 1.54) is 5.41 Å². The molecule has 0 aromatic heterocycles. The molecule has 0 aliphatic carbocycles. The molecule has 1 aliphatic heterocycles. The second-order valence-corrected chi connectivity index (χ2v) is 5.23. The van der Waals surface area contributed by atoms with E-state index in [4.69, 9.17) is 17.3 Å². The van der Waals surface area contributed by atoms with E-state index in [-0.39, 0.29) is 18.4 Å². The third kappa shape index (κ3) is 3.60. The highest BCUT2D eigenvalue weighted by Gasteiger charge is 2.21. The third-order valence-electron chi connectivity index (χ3n) is 1.64. The molecule has 1 rings (SSSR count).